The Balaban J connectivity index is 1.82. The smallest absolute Gasteiger partial charge is 0.228 e. The number of pyridine rings is 1. The van der Waals surface area contributed by atoms with Gasteiger partial charge in [-0.25, -0.2) is 4.57 Å². The van der Waals surface area contributed by atoms with E-state index in [0.29, 0.717) is 0 Å². The summed E-state index contributed by atoms with van der Waals surface area (Å²) in [5.74, 6) is 2.04. The Hall–Kier alpha value is -2.91. The highest BCUT2D eigenvalue weighted by Gasteiger charge is 2.34. The molecule has 3 heteroatoms. The first-order valence-electron chi connectivity index (χ1n) is 10.9. The van der Waals surface area contributed by atoms with Crippen molar-refractivity contribution in [3.05, 3.63) is 65.2 Å². The number of fused-ring (bicyclic) bond motifs is 4. The fourth-order valence-electron chi connectivity index (χ4n) is 5.11. The van der Waals surface area contributed by atoms with Gasteiger partial charge in [-0.15, -0.1) is 11.3 Å². The van der Waals surface area contributed by atoms with Crippen LogP contribution in [0.4, 0.5) is 0 Å². The number of rotatable bonds is 1. The summed E-state index contributed by atoms with van der Waals surface area (Å²) in [6.45, 7) is 9.19. The van der Waals surface area contributed by atoms with E-state index in [2.05, 4.69) is 93.4 Å². The van der Waals surface area contributed by atoms with E-state index in [1.54, 1.807) is 11.3 Å². The van der Waals surface area contributed by atoms with Crippen molar-refractivity contribution < 1.29 is 9.30 Å². The van der Waals surface area contributed by atoms with Gasteiger partial charge in [0.25, 0.3) is 0 Å². The van der Waals surface area contributed by atoms with E-state index in [4.69, 9.17) is 4.74 Å². The van der Waals surface area contributed by atoms with Crippen LogP contribution in [-0.4, -0.2) is 0 Å². The number of benzene rings is 3. The molecule has 6 rings (SSSR count). The molecular weight excluding hydrogens is 398 g/mol. The monoisotopic (exact) mass is 424 g/mol. The summed E-state index contributed by atoms with van der Waals surface area (Å²) in [5, 5.41) is 8.62. The number of thiophene rings is 1. The van der Waals surface area contributed by atoms with Gasteiger partial charge in [0, 0.05) is 17.0 Å². The Morgan fingerprint density at radius 1 is 1.00 bits per heavy atom. The summed E-state index contributed by atoms with van der Waals surface area (Å²) >= 11 is 1.76. The average Bonchev–Trinajstić information content (AvgIpc) is 3.15. The number of hydrogen-bond donors (Lipinski definition) is 0. The molecule has 1 aliphatic rings. The van der Waals surface area contributed by atoms with Gasteiger partial charge in [0.2, 0.25) is 5.69 Å². The molecule has 154 valence electrons. The molecule has 0 saturated heterocycles. The van der Waals surface area contributed by atoms with Crippen molar-refractivity contribution in [2.75, 3.05) is 0 Å². The van der Waals surface area contributed by atoms with E-state index in [-0.39, 0.29) is 5.41 Å². The van der Waals surface area contributed by atoms with Gasteiger partial charge in [-0.3, -0.25) is 0 Å². The predicted molar refractivity (Wildman–Crippen MR) is 131 cm³/mol. The molecule has 0 saturated carbocycles. The van der Waals surface area contributed by atoms with Crippen LogP contribution in [0.5, 0.6) is 11.5 Å². The lowest BCUT2D eigenvalue weighted by atomic mass is 9.81. The Morgan fingerprint density at radius 2 is 1.71 bits per heavy atom. The summed E-state index contributed by atoms with van der Waals surface area (Å²) in [6.07, 6.45) is 3.14. The number of aryl methyl sites for hydroxylation is 2. The largest absolute Gasteiger partial charge is 0.454 e. The van der Waals surface area contributed by atoms with Crippen LogP contribution >= 0.6 is 11.3 Å². The fourth-order valence-corrected chi connectivity index (χ4v) is 5.97. The topological polar surface area (TPSA) is 13.1 Å². The molecule has 0 bridgehead atoms. The molecule has 0 amide bonds. The van der Waals surface area contributed by atoms with Gasteiger partial charge in [-0.05, 0) is 58.0 Å². The zero-order chi connectivity index (χ0) is 21.5. The van der Waals surface area contributed by atoms with Crippen molar-refractivity contribution in [2.45, 2.75) is 34.1 Å². The van der Waals surface area contributed by atoms with Crippen LogP contribution in [0.15, 0.2) is 54.0 Å². The van der Waals surface area contributed by atoms with Gasteiger partial charge in [0.1, 0.15) is 18.2 Å². The lowest BCUT2D eigenvalue weighted by molar-refractivity contribution is -0.659. The molecule has 2 nitrogen and oxygen atoms in total. The lowest BCUT2D eigenvalue weighted by Gasteiger charge is -2.27. The second-order valence-corrected chi connectivity index (χ2v) is 10.9. The lowest BCUT2D eigenvalue weighted by Crippen LogP contribution is -2.31. The highest BCUT2D eigenvalue weighted by molar-refractivity contribution is 7.17. The Labute approximate surface area is 186 Å². The second-order valence-electron chi connectivity index (χ2n) is 10.0. The van der Waals surface area contributed by atoms with E-state index in [1.165, 1.54) is 54.0 Å². The van der Waals surface area contributed by atoms with Crippen LogP contribution in [0.25, 0.3) is 42.9 Å². The van der Waals surface area contributed by atoms with Crippen LogP contribution in [-0.2, 0) is 13.5 Å². The summed E-state index contributed by atoms with van der Waals surface area (Å²) < 4.78 is 10.3. The first-order valence-corrected chi connectivity index (χ1v) is 11.8. The maximum Gasteiger partial charge on any atom is 0.228 e. The number of hydrogen-bond acceptors (Lipinski definition) is 2. The Kier molecular flexibility index (Phi) is 3.83. The zero-order valence-electron chi connectivity index (χ0n) is 18.7. The molecule has 0 spiro atoms. The van der Waals surface area contributed by atoms with E-state index in [9.17, 15) is 0 Å². The van der Waals surface area contributed by atoms with Crippen LogP contribution in [0.3, 0.4) is 0 Å². The molecule has 3 aromatic carbocycles. The van der Waals surface area contributed by atoms with Gasteiger partial charge < -0.3 is 4.74 Å². The first-order chi connectivity index (χ1) is 14.8. The van der Waals surface area contributed by atoms with Gasteiger partial charge >= 0.3 is 0 Å². The van der Waals surface area contributed by atoms with Crippen molar-refractivity contribution in [2.24, 2.45) is 12.5 Å². The minimum atomic E-state index is 0.147. The molecular formula is C28H26NOS+. The fraction of sp³-hybridized carbons (Fsp3) is 0.250. The van der Waals surface area contributed by atoms with Crippen molar-refractivity contribution in [3.63, 3.8) is 0 Å². The molecule has 0 fully saturated rings. The molecule has 0 unspecified atom stereocenters. The maximum atomic E-state index is 6.72. The molecule has 31 heavy (non-hydrogen) atoms. The van der Waals surface area contributed by atoms with E-state index in [0.717, 1.165) is 17.9 Å². The van der Waals surface area contributed by atoms with Gasteiger partial charge in [0.05, 0.1) is 10.3 Å². The summed E-state index contributed by atoms with van der Waals surface area (Å²) in [6, 6.07) is 15.6. The minimum Gasteiger partial charge on any atom is -0.454 e. The van der Waals surface area contributed by atoms with Crippen LogP contribution < -0.4 is 9.30 Å². The van der Waals surface area contributed by atoms with Gasteiger partial charge in [-0.2, -0.15) is 0 Å². The normalized spacial score (nSPS) is 13.1. The summed E-state index contributed by atoms with van der Waals surface area (Å²) in [7, 11) is 2.15. The molecule has 5 aromatic rings. The third-order valence-electron chi connectivity index (χ3n) is 6.47. The summed E-state index contributed by atoms with van der Waals surface area (Å²) in [4.78, 5) is 0. The van der Waals surface area contributed by atoms with E-state index < -0.39 is 0 Å². The van der Waals surface area contributed by atoms with Crippen LogP contribution in [0, 0.1) is 12.3 Å². The molecule has 0 aliphatic carbocycles. The second kappa shape index (κ2) is 6.30. The molecule has 0 atom stereocenters. The first kappa shape index (κ1) is 18.8. The third kappa shape index (κ3) is 2.73. The average molecular weight is 425 g/mol. The van der Waals surface area contributed by atoms with Crippen molar-refractivity contribution >= 4 is 43.0 Å². The van der Waals surface area contributed by atoms with Crippen molar-refractivity contribution in [3.8, 4) is 22.8 Å². The van der Waals surface area contributed by atoms with Crippen LogP contribution in [0.2, 0.25) is 0 Å². The van der Waals surface area contributed by atoms with Crippen LogP contribution in [0.1, 0.15) is 31.9 Å². The maximum absolute atomic E-state index is 6.72. The standard InChI is InChI=1S/C28H26NOS/c1-16-19-12-17-8-6-7-9-18(17)13-20(19)21(14-28(2,3)4)27-24(16)26-25-22(30-27)15-31-23(25)10-11-29(26)5/h6-13,15H,14H2,1-5H3/q+1. The van der Waals surface area contributed by atoms with Gasteiger partial charge in [0.15, 0.2) is 11.9 Å². The third-order valence-corrected chi connectivity index (χ3v) is 7.40. The molecule has 3 heterocycles. The number of aromatic nitrogens is 1. The number of nitrogens with zero attached hydrogens (tertiary/aromatic N) is 1. The molecule has 1 aliphatic heterocycles. The number of ether oxygens (including phenoxy) is 1. The molecule has 2 aromatic heterocycles. The zero-order valence-corrected chi connectivity index (χ0v) is 19.5. The Morgan fingerprint density at radius 3 is 2.42 bits per heavy atom. The highest BCUT2D eigenvalue weighted by atomic mass is 32.1. The van der Waals surface area contributed by atoms with Crippen molar-refractivity contribution in [1.82, 2.24) is 0 Å². The minimum absolute atomic E-state index is 0.147. The highest BCUT2D eigenvalue weighted by Crippen LogP contribution is 2.53. The molecule has 0 N–H and O–H groups in total. The van der Waals surface area contributed by atoms with E-state index in [1.807, 2.05) is 0 Å². The Bertz CT molecular complexity index is 1530. The van der Waals surface area contributed by atoms with Crippen molar-refractivity contribution in [1.29, 1.82) is 0 Å². The quantitative estimate of drug-likeness (QED) is 0.195. The SMILES string of the molecule is Cc1c2c(c(CC(C)(C)C)c3cc4ccccc4cc13)Oc1csc3cc[n+](C)c-2c13. The van der Waals surface area contributed by atoms with E-state index >= 15 is 0 Å². The van der Waals surface area contributed by atoms with Gasteiger partial charge in [-0.1, -0.05) is 45.0 Å². The molecule has 0 radical (unpaired) electrons. The predicted octanol–water partition coefficient (Wildman–Crippen LogP) is 7.70. The summed E-state index contributed by atoms with van der Waals surface area (Å²) in [5.41, 5.74) is 5.29.